The Kier molecular flexibility index (Phi) is 7.57. The molecule has 122 valence electrons. The van der Waals surface area contributed by atoms with Crippen molar-refractivity contribution in [2.45, 2.75) is 70.1 Å². The molecule has 4 nitrogen and oxygen atoms in total. The molecule has 1 fully saturated rings. The van der Waals surface area contributed by atoms with Gasteiger partial charge in [-0.2, -0.15) is 11.8 Å². The van der Waals surface area contributed by atoms with Gasteiger partial charge in [-0.1, -0.05) is 20.8 Å². The third-order valence-electron chi connectivity index (χ3n) is 3.66. The van der Waals surface area contributed by atoms with Crippen LogP contribution in [0.5, 0.6) is 0 Å². The van der Waals surface area contributed by atoms with E-state index in [1.165, 1.54) is 13.5 Å². The summed E-state index contributed by atoms with van der Waals surface area (Å²) in [6.07, 6.45) is 4.77. The third kappa shape index (κ3) is 7.21. The van der Waals surface area contributed by atoms with E-state index < -0.39 is 0 Å². The molecule has 0 unspecified atom stereocenters. The van der Waals surface area contributed by atoms with Crippen LogP contribution in [0.3, 0.4) is 0 Å². The molecule has 0 N–H and O–H groups in total. The van der Waals surface area contributed by atoms with Crippen LogP contribution in [0.25, 0.3) is 0 Å². The van der Waals surface area contributed by atoms with Gasteiger partial charge in [0.1, 0.15) is 0 Å². The number of thioether (sulfide) groups is 1. The van der Waals surface area contributed by atoms with Crippen molar-refractivity contribution >= 4 is 23.6 Å². The van der Waals surface area contributed by atoms with Gasteiger partial charge in [-0.15, -0.1) is 0 Å². The molecular formula is C16H29NO3S. The molecule has 0 radical (unpaired) electrons. The van der Waals surface area contributed by atoms with E-state index in [-0.39, 0.29) is 16.6 Å². The van der Waals surface area contributed by atoms with E-state index in [4.69, 9.17) is 0 Å². The van der Waals surface area contributed by atoms with Crippen LogP contribution >= 0.6 is 11.8 Å². The van der Waals surface area contributed by atoms with Crippen LogP contribution < -0.4 is 0 Å². The maximum Gasteiger partial charge on any atom is 0.305 e. The molecule has 0 aromatic heterocycles. The van der Waals surface area contributed by atoms with Gasteiger partial charge in [0.25, 0.3) is 0 Å². The van der Waals surface area contributed by atoms with Crippen LogP contribution in [0.1, 0.15) is 59.3 Å². The summed E-state index contributed by atoms with van der Waals surface area (Å²) in [5.41, 5.74) is 0. The van der Waals surface area contributed by atoms with Gasteiger partial charge in [0.2, 0.25) is 5.91 Å². The number of carbonyl (C=O) groups excluding carboxylic acids is 2. The summed E-state index contributed by atoms with van der Waals surface area (Å²) < 4.78 is 4.84. The fourth-order valence-corrected chi connectivity index (χ4v) is 3.52. The van der Waals surface area contributed by atoms with Crippen molar-refractivity contribution in [3.63, 3.8) is 0 Å². The first-order chi connectivity index (χ1) is 9.83. The van der Waals surface area contributed by atoms with Gasteiger partial charge in [0.15, 0.2) is 0 Å². The van der Waals surface area contributed by atoms with E-state index in [0.717, 1.165) is 25.1 Å². The number of methoxy groups -OCH3 is 1. The lowest BCUT2D eigenvalue weighted by atomic mass is 10.0. The zero-order valence-corrected chi connectivity index (χ0v) is 14.6. The lowest BCUT2D eigenvalue weighted by molar-refractivity contribution is -0.141. The van der Waals surface area contributed by atoms with E-state index >= 15 is 0 Å². The molecule has 1 amide bonds. The van der Waals surface area contributed by atoms with Gasteiger partial charge < -0.3 is 9.64 Å². The number of carbonyl (C=O) groups is 2. The number of nitrogens with zero attached hydrogens (tertiary/aromatic N) is 1. The normalized spacial score (nSPS) is 19.4. The molecule has 0 aromatic rings. The third-order valence-corrected chi connectivity index (χ3v) is 5.07. The minimum Gasteiger partial charge on any atom is -0.469 e. The number of likely N-dealkylation sites (tertiary alicyclic amines) is 1. The second kappa shape index (κ2) is 8.66. The SMILES string of the molecule is COC(=O)CCCC(=O)N1CCCC[C@H]1CSC(C)(C)C. The molecule has 1 rings (SSSR count). The Bertz CT molecular complexity index is 352. The first-order valence-corrected chi connectivity index (χ1v) is 8.82. The molecule has 1 aliphatic heterocycles. The second-order valence-electron chi connectivity index (χ2n) is 6.59. The highest BCUT2D eigenvalue weighted by atomic mass is 32.2. The molecule has 0 bridgehead atoms. The zero-order chi connectivity index (χ0) is 15.9. The Morgan fingerprint density at radius 2 is 1.95 bits per heavy atom. The molecule has 1 saturated heterocycles. The summed E-state index contributed by atoms with van der Waals surface area (Å²) in [5, 5.41) is 0. The van der Waals surface area contributed by atoms with E-state index in [1.54, 1.807) is 0 Å². The van der Waals surface area contributed by atoms with Crippen LogP contribution in [-0.2, 0) is 14.3 Å². The molecular weight excluding hydrogens is 286 g/mol. The molecule has 0 spiro atoms. The highest BCUT2D eigenvalue weighted by Crippen LogP contribution is 2.28. The predicted molar refractivity (Wildman–Crippen MR) is 87.4 cm³/mol. The lowest BCUT2D eigenvalue weighted by Crippen LogP contribution is -2.45. The lowest BCUT2D eigenvalue weighted by Gasteiger charge is -2.37. The Morgan fingerprint density at radius 3 is 2.57 bits per heavy atom. The number of ether oxygens (including phenoxy) is 1. The molecule has 0 aromatic carbocycles. The molecule has 21 heavy (non-hydrogen) atoms. The molecule has 0 saturated carbocycles. The van der Waals surface area contributed by atoms with Crippen molar-refractivity contribution < 1.29 is 14.3 Å². The maximum atomic E-state index is 12.4. The summed E-state index contributed by atoms with van der Waals surface area (Å²) in [5.74, 6) is 0.964. The van der Waals surface area contributed by atoms with Gasteiger partial charge in [-0.3, -0.25) is 9.59 Å². The largest absolute Gasteiger partial charge is 0.469 e. The Labute approximate surface area is 133 Å². The average molecular weight is 315 g/mol. The fourth-order valence-electron chi connectivity index (χ4n) is 2.48. The number of rotatable bonds is 6. The predicted octanol–water partition coefficient (Wildman–Crippen LogP) is 3.24. The minimum absolute atomic E-state index is 0.193. The van der Waals surface area contributed by atoms with Gasteiger partial charge >= 0.3 is 5.97 Å². The smallest absolute Gasteiger partial charge is 0.305 e. The molecule has 5 heteroatoms. The van der Waals surface area contributed by atoms with Crippen molar-refractivity contribution in [3.8, 4) is 0 Å². The maximum absolute atomic E-state index is 12.4. The summed E-state index contributed by atoms with van der Waals surface area (Å²) in [4.78, 5) is 25.5. The summed E-state index contributed by atoms with van der Waals surface area (Å²) in [6.45, 7) is 7.50. The van der Waals surface area contributed by atoms with Crippen molar-refractivity contribution in [3.05, 3.63) is 0 Å². The standard InChI is InChI=1S/C16H29NO3S/c1-16(2,3)21-12-13-8-5-6-11-17(13)14(18)9-7-10-15(19)20-4/h13H,5-12H2,1-4H3/t13-/m0/s1. The highest BCUT2D eigenvalue weighted by Gasteiger charge is 2.27. The van der Waals surface area contributed by atoms with Gasteiger partial charge in [0, 0.05) is 35.9 Å². The topological polar surface area (TPSA) is 46.6 Å². The molecule has 1 aliphatic rings. The van der Waals surface area contributed by atoms with Gasteiger partial charge in [0.05, 0.1) is 7.11 Å². The number of esters is 1. The first-order valence-electron chi connectivity index (χ1n) is 7.84. The van der Waals surface area contributed by atoms with Crippen LogP contribution in [-0.4, -0.2) is 47.0 Å². The Balaban J connectivity index is 2.44. The second-order valence-corrected chi connectivity index (χ2v) is 8.44. The highest BCUT2D eigenvalue weighted by molar-refractivity contribution is 8.00. The number of amides is 1. The average Bonchev–Trinajstić information content (AvgIpc) is 2.44. The van der Waals surface area contributed by atoms with Crippen molar-refractivity contribution in [2.24, 2.45) is 0 Å². The first kappa shape index (κ1) is 18.3. The summed E-state index contributed by atoms with van der Waals surface area (Å²) >= 11 is 1.93. The van der Waals surface area contributed by atoms with Crippen LogP contribution in [0, 0.1) is 0 Å². The van der Waals surface area contributed by atoms with E-state index in [0.29, 0.717) is 25.3 Å². The Hall–Kier alpha value is -0.710. The van der Waals surface area contributed by atoms with E-state index in [2.05, 4.69) is 25.5 Å². The number of hydrogen-bond donors (Lipinski definition) is 0. The van der Waals surface area contributed by atoms with E-state index in [1.807, 2.05) is 16.7 Å². The molecule has 1 heterocycles. The van der Waals surface area contributed by atoms with Gasteiger partial charge in [-0.25, -0.2) is 0 Å². The monoisotopic (exact) mass is 315 g/mol. The summed E-state index contributed by atoms with van der Waals surface area (Å²) in [6, 6.07) is 0.355. The molecule has 0 aliphatic carbocycles. The van der Waals surface area contributed by atoms with Crippen LogP contribution in [0.2, 0.25) is 0 Å². The van der Waals surface area contributed by atoms with Crippen molar-refractivity contribution in [2.75, 3.05) is 19.4 Å². The quantitative estimate of drug-likeness (QED) is 0.706. The van der Waals surface area contributed by atoms with Crippen LogP contribution in [0.4, 0.5) is 0 Å². The minimum atomic E-state index is -0.235. The summed E-state index contributed by atoms with van der Waals surface area (Å²) in [7, 11) is 1.38. The van der Waals surface area contributed by atoms with E-state index in [9.17, 15) is 9.59 Å². The Morgan fingerprint density at radius 1 is 1.24 bits per heavy atom. The molecule has 1 atom stereocenters. The van der Waals surface area contributed by atoms with Crippen LogP contribution in [0.15, 0.2) is 0 Å². The van der Waals surface area contributed by atoms with Gasteiger partial charge in [-0.05, 0) is 25.7 Å². The number of hydrogen-bond acceptors (Lipinski definition) is 4. The zero-order valence-electron chi connectivity index (χ0n) is 13.8. The fraction of sp³-hybridized carbons (Fsp3) is 0.875. The van der Waals surface area contributed by atoms with Crippen molar-refractivity contribution in [1.82, 2.24) is 4.90 Å². The van der Waals surface area contributed by atoms with Crippen molar-refractivity contribution in [1.29, 1.82) is 0 Å². The number of piperidine rings is 1.